The summed E-state index contributed by atoms with van der Waals surface area (Å²) in [5.41, 5.74) is 0.815. The number of amides is 1. The summed E-state index contributed by atoms with van der Waals surface area (Å²) in [6.45, 7) is 6.83. The molecule has 0 aromatic heterocycles. The Balaban J connectivity index is 1.53. The van der Waals surface area contributed by atoms with Crippen molar-refractivity contribution in [2.24, 2.45) is 28.6 Å². The van der Waals surface area contributed by atoms with Crippen LogP contribution in [0.5, 0.6) is 0 Å². The van der Waals surface area contributed by atoms with Crippen molar-refractivity contribution in [2.45, 2.75) is 90.2 Å². The molecule has 0 unspecified atom stereocenters. The Bertz CT molecular complexity index is 851. The summed E-state index contributed by atoms with van der Waals surface area (Å²) in [6, 6.07) is -0.0499. The molecule has 0 aromatic carbocycles. The van der Waals surface area contributed by atoms with Gasteiger partial charge in [0.1, 0.15) is 5.60 Å². The Morgan fingerprint density at radius 3 is 2.61 bits per heavy atom. The maximum Gasteiger partial charge on any atom is 0.407 e. The fraction of sp³-hybridized carbons (Fsp3) is 0.800. The predicted molar refractivity (Wildman–Crippen MR) is 114 cm³/mol. The molecule has 5 aliphatic rings. The van der Waals surface area contributed by atoms with E-state index in [4.69, 9.17) is 9.47 Å². The van der Waals surface area contributed by atoms with E-state index in [2.05, 4.69) is 19.2 Å². The fourth-order valence-corrected chi connectivity index (χ4v) is 8.33. The molecule has 0 aromatic rings. The lowest BCUT2D eigenvalue weighted by Crippen LogP contribution is -2.61. The van der Waals surface area contributed by atoms with E-state index in [0.29, 0.717) is 43.6 Å². The number of alkyl carbamates (subject to hydrolysis) is 1. The monoisotopic (exact) mass is 429 g/mol. The number of rotatable bonds is 2. The van der Waals surface area contributed by atoms with E-state index in [-0.39, 0.29) is 40.3 Å². The first-order chi connectivity index (χ1) is 14.7. The Morgan fingerprint density at radius 2 is 1.90 bits per heavy atom. The predicted octanol–water partition coefficient (Wildman–Crippen LogP) is 4.32. The number of carbonyl (C=O) groups excluding carboxylic acids is 3. The van der Waals surface area contributed by atoms with Gasteiger partial charge >= 0.3 is 12.1 Å². The van der Waals surface area contributed by atoms with Crippen LogP contribution in [0.15, 0.2) is 11.6 Å². The van der Waals surface area contributed by atoms with Gasteiger partial charge in [-0.1, -0.05) is 19.4 Å². The Morgan fingerprint density at radius 1 is 1.13 bits per heavy atom. The molecule has 6 heteroatoms. The van der Waals surface area contributed by atoms with Crippen LogP contribution in [-0.2, 0) is 19.1 Å². The summed E-state index contributed by atoms with van der Waals surface area (Å²) in [6.07, 6.45) is 9.09. The molecular weight excluding hydrogens is 394 g/mol. The summed E-state index contributed by atoms with van der Waals surface area (Å²) < 4.78 is 11.3. The molecule has 6 nitrogen and oxygen atoms in total. The highest BCUT2D eigenvalue weighted by Crippen LogP contribution is 2.69. The van der Waals surface area contributed by atoms with Gasteiger partial charge in [0.2, 0.25) is 0 Å². The number of hydrogen-bond donors (Lipinski definition) is 1. The first-order valence-corrected chi connectivity index (χ1v) is 12.1. The lowest BCUT2D eigenvalue weighted by Gasteiger charge is -2.61. The van der Waals surface area contributed by atoms with E-state index in [0.717, 1.165) is 38.5 Å². The third-order valence-corrected chi connectivity index (χ3v) is 9.93. The van der Waals surface area contributed by atoms with Gasteiger partial charge in [0.15, 0.2) is 5.78 Å². The largest absolute Gasteiger partial charge is 0.458 e. The Hall–Kier alpha value is -1.85. The molecule has 1 aliphatic heterocycles. The Labute approximate surface area is 184 Å². The van der Waals surface area contributed by atoms with Gasteiger partial charge in [0, 0.05) is 24.3 Å². The second-order valence-electron chi connectivity index (χ2n) is 11.0. The van der Waals surface area contributed by atoms with Crippen molar-refractivity contribution in [1.29, 1.82) is 0 Å². The summed E-state index contributed by atoms with van der Waals surface area (Å²) >= 11 is 0. The van der Waals surface area contributed by atoms with Crippen molar-refractivity contribution >= 4 is 17.8 Å². The van der Waals surface area contributed by atoms with Crippen molar-refractivity contribution in [3.05, 3.63) is 11.6 Å². The molecule has 31 heavy (non-hydrogen) atoms. The van der Waals surface area contributed by atoms with Gasteiger partial charge in [-0.05, 0) is 81.1 Å². The molecule has 0 radical (unpaired) electrons. The van der Waals surface area contributed by atoms with E-state index in [9.17, 15) is 14.4 Å². The first kappa shape index (κ1) is 21.0. The highest BCUT2D eigenvalue weighted by molar-refractivity contribution is 5.91. The van der Waals surface area contributed by atoms with Gasteiger partial charge in [-0.3, -0.25) is 9.59 Å². The second-order valence-corrected chi connectivity index (χ2v) is 11.0. The minimum atomic E-state index is -0.370. The Kier molecular flexibility index (Phi) is 4.80. The first-order valence-electron chi connectivity index (χ1n) is 12.1. The molecule has 1 N–H and O–H groups in total. The van der Waals surface area contributed by atoms with Crippen molar-refractivity contribution in [3.8, 4) is 0 Å². The van der Waals surface area contributed by atoms with E-state index in [1.165, 1.54) is 5.57 Å². The van der Waals surface area contributed by atoms with Crippen molar-refractivity contribution in [1.82, 2.24) is 5.32 Å². The highest BCUT2D eigenvalue weighted by atomic mass is 16.6. The topological polar surface area (TPSA) is 81.7 Å². The molecule has 1 amide bonds. The van der Waals surface area contributed by atoms with E-state index in [1.807, 2.05) is 13.0 Å². The van der Waals surface area contributed by atoms with Crippen molar-refractivity contribution < 1.29 is 23.9 Å². The zero-order valence-electron chi connectivity index (χ0n) is 19.0. The van der Waals surface area contributed by atoms with Crippen LogP contribution >= 0.6 is 0 Å². The van der Waals surface area contributed by atoms with Gasteiger partial charge in [-0.2, -0.15) is 0 Å². The fourth-order valence-electron chi connectivity index (χ4n) is 8.33. The zero-order chi connectivity index (χ0) is 22.0. The molecule has 0 bridgehead atoms. The highest BCUT2D eigenvalue weighted by Gasteiger charge is 2.68. The number of fused-ring (bicyclic) bond motifs is 6. The van der Waals surface area contributed by atoms with E-state index in [1.54, 1.807) is 0 Å². The maximum atomic E-state index is 12.5. The molecule has 4 aliphatic carbocycles. The molecule has 4 fully saturated rings. The minimum Gasteiger partial charge on any atom is -0.458 e. The van der Waals surface area contributed by atoms with Crippen molar-refractivity contribution in [2.75, 3.05) is 6.61 Å². The summed E-state index contributed by atoms with van der Waals surface area (Å²) in [4.78, 5) is 36.8. The zero-order valence-corrected chi connectivity index (χ0v) is 19.0. The summed E-state index contributed by atoms with van der Waals surface area (Å²) in [5.74, 6) is 1.26. The average molecular weight is 430 g/mol. The van der Waals surface area contributed by atoms with Crippen LogP contribution < -0.4 is 5.32 Å². The number of ketones is 1. The van der Waals surface area contributed by atoms with Crippen LogP contribution in [0, 0.1) is 28.6 Å². The van der Waals surface area contributed by atoms with Crippen LogP contribution in [0.25, 0.3) is 0 Å². The molecule has 5 rings (SSSR count). The van der Waals surface area contributed by atoms with Gasteiger partial charge in [0.25, 0.3) is 0 Å². The van der Waals surface area contributed by atoms with Crippen LogP contribution in [0.1, 0.15) is 78.6 Å². The number of ether oxygens (including phenoxy) is 2. The maximum absolute atomic E-state index is 12.5. The average Bonchev–Trinajstić information content (AvgIpc) is 3.24. The van der Waals surface area contributed by atoms with Gasteiger partial charge in [-0.25, -0.2) is 4.79 Å². The molecule has 7 atom stereocenters. The minimum absolute atomic E-state index is 0.00878. The lowest BCUT2D eigenvalue weighted by molar-refractivity contribution is -0.169. The van der Waals surface area contributed by atoms with Crippen LogP contribution in [-0.4, -0.2) is 36.1 Å². The third kappa shape index (κ3) is 2.92. The smallest absolute Gasteiger partial charge is 0.407 e. The number of hydrogen-bond acceptors (Lipinski definition) is 5. The standard InChI is InChI=1S/C25H35NO5/c1-4-30-22(29)26-19-14-15-13-16(27)5-9-23(15,2)17-6-10-24(3)18(21(17)19)7-11-25(24)12-8-20(28)31-25/h13,17-19,21H,4-12,14H2,1-3H3,(H,26,29)/t17-,18-,19+,21+,23-,24-,25+/m0/s1. The summed E-state index contributed by atoms with van der Waals surface area (Å²) in [7, 11) is 0. The molecule has 3 saturated carbocycles. The van der Waals surface area contributed by atoms with Crippen LogP contribution in [0.4, 0.5) is 4.79 Å². The molecule has 170 valence electrons. The van der Waals surface area contributed by atoms with Crippen molar-refractivity contribution in [3.63, 3.8) is 0 Å². The second kappa shape index (κ2) is 7.08. The van der Waals surface area contributed by atoms with Crippen LogP contribution in [0.2, 0.25) is 0 Å². The molecule has 1 saturated heterocycles. The third-order valence-electron chi connectivity index (χ3n) is 9.93. The molecule has 1 heterocycles. The number of esters is 1. The summed E-state index contributed by atoms with van der Waals surface area (Å²) in [5, 5.41) is 3.18. The quantitative estimate of drug-likeness (QED) is 0.661. The molecular formula is C25H35NO5. The van der Waals surface area contributed by atoms with E-state index >= 15 is 0 Å². The molecule has 1 spiro atoms. The van der Waals surface area contributed by atoms with Gasteiger partial charge in [0.05, 0.1) is 6.61 Å². The lowest BCUT2D eigenvalue weighted by atomic mass is 9.45. The van der Waals surface area contributed by atoms with Gasteiger partial charge < -0.3 is 14.8 Å². The number of carbonyl (C=O) groups is 3. The van der Waals surface area contributed by atoms with E-state index < -0.39 is 0 Å². The SMILES string of the molecule is CCOC(=O)N[C@@H]1CC2=CC(=O)CC[C@]2(C)[C@H]2CC[C@@]3(C)[C@@H](CC[C@@]34CCC(=O)O4)[C@H]12. The van der Waals surface area contributed by atoms with Gasteiger partial charge in [-0.15, -0.1) is 0 Å². The number of nitrogens with one attached hydrogen (secondary N) is 1. The van der Waals surface area contributed by atoms with Crippen LogP contribution in [0.3, 0.4) is 0 Å². The normalized spacial score (nSPS) is 46.0.